The Kier molecular flexibility index (Phi) is 5.20. The summed E-state index contributed by atoms with van der Waals surface area (Å²) >= 11 is 4.83. The molecule has 15 heavy (non-hydrogen) atoms. The molecule has 6 heteroatoms. The predicted molar refractivity (Wildman–Crippen MR) is 62.7 cm³/mol. The lowest BCUT2D eigenvalue weighted by Gasteiger charge is -2.17. The second-order valence-corrected chi connectivity index (χ2v) is 3.47. The average Bonchev–Trinajstić information content (AvgIpc) is 2.64. The van der Waals surface area contributed by atoms with Gasteiger partial charge in [0.15, 0.2) is 0 Å². The van der Waals surface area contributed by atoms with Gasteiger partial charge in [-0.1, -0.05) is 12.2 Å². The molecule has 0 fully saturated rings. The number of hydrogen-bond acceptors (Lipinski definition) is 5. The Labute approximate surface area is 94.2 Å². The van der Waals surface area contributed by atoms with E-state index in [9.17, 15) is 4.79 Å². The lowest BCUT2D eigenvalue weighted by atomic mass is 10.4. The number of amidine groups is 1. The van der Waals surface area contributed by atoms with E-state index in [1.54, 1.807) is 5.37 Å². The Morgan fingerprint density at radius 3 is 3.13 bits per heavy atom. The van der Waals surface area contributed by atoms with Crippen LogP contribution in [0.15, 0.2) is 4.99 Å². The number of rotatable bonds is 7. The Balaban J connectivity index is 2.08. The average molecular weight is 229 g/mol. The standard InChI is InChI=1S/C9H15N3O2S/c13-9(14)1-2-10-3-5-12-6-4-11-8(12)7-15/h7,10H,1-6H2,(H,13,14). The van der Waals surface area contributed by atoms with Gasteiger partial charge in [0.25, 0.3) is 0 Å². The molecule has 0 bridgehead atoms. The maximum Gasteiger partial charge on any atom is 0.304 e. The van der Waals surface area contributed by atoms with Crippen molar-refractivity contribution < 1.29 is 9.90 Å². The second-order valence-electron chi connectivity index (χ2n) is 3.24. The summed E-state index contributed by atoms with van der Waals surface area (Å²) in [5.74, 6) is 0.0925. The van der Waals surface area contributed by atoms with Crippen molar-refractivity contribution in [3.05, 3.63) is 0 Å². The molecule has 0 unspecified atom stereocenters. The van der Waals surface area contributed by atoms with Gasteiger partial charge in [0.1, 0.15) is 5.84 Å². The van der Waals surface area contributed by atoms with Gasteiger partial charge in [0, 0.05) is 31.5 Å². The van der Waals surface area contributed by atoms with Crippen molar-refractivity contribution in [3.63, 3.8) is 0 Å². The molecule has 1 heterocycles. The molecule has 0 aromatic heterocycles. The summed E-state index contributed by atoms with van der Waals surface area (Å²) in [6.45, 7) is 3.80. The van der Waals surface area contributed by atoms with E-state index in [4.69, 9.17) is 17.3 Å². The van der Waals surface area contributed by atoms with Crippen LogP contribution in [0, 0.1) is 0 Å². The molecule has 84 valence electrons. The maximum absolute atomic E-state index is 10.2. The molecule has 0 amide bonds. The molecule has 1 rings (SSSR count). The molecule has 0 saturated carbocycles. The zero-order chi connectivity index (χ0) is 11.1. The first-order valence-electron chi connectivity index (χ1n) is 4.91. The fourth-order valence-corrected chi connectivity index (χ4v) is 1.60. The highest BCUT2D eigenvalue weighted by Gasteiger charge is 2.13. The monoisotopic (exact) mass is 229 g/mol. The van der Waals surface area contributed by atoms with E-state index in [0.717, 1.165) is 32.0 Å². The third-order valence-electron chi connectivity index (χ3n) is 2.15. The van der Waals surface area contributed by atoms with E-state index < -0.39 is 5.97 Å². The van der Waals surface area contributed by atoms with Gasteiger partial charge in [-0.25, -0.2) is 0 Å². The Hall–Kier alpha value is -1.01. The first-order chi connectivity index (χ1) is 7.24. The summed E-state index contributed by atoms with van der Waals surface area (Å²) in [6.07, 6.45) is 0.161. The number of carbonyl (C=O) groups is 1. The first kappa shape index (κ1) is 12.1. The van der Waals surface area contributed by atoms with Gasteiger partial charge in [-0.3, -0.25) is 9.79 Å². The van der Waals surface area contributed by atoms with Crippen molar-refractivity contribution >= 4 is 29.4 Å². The number of aliphatic imine (C=N–C) groups is 1. The molecule has 1 aliphatic rings. The van der Waals surface area contributed by atoms with Crippen molar-refractivity contribution in [1.29, 1.82) is 0 Å². The molecule has 0 spiro atoms. The lowest BCUT2D eigenvalue weighted by molar-refractivity contribution is -0.136. The van der Waals surface area contributed by atoms with Crippen LogP contribution in [0.2, 0.25) is 0 Å². The highest BCUT2D eigenvalue weighted by Crippen LogP contribution is 1.98. The number of carboxylic acid groups (broad SMARTS) is 1. The van der Waals surface area contributed by atoms with E-state index >= 15 is 0 Å². The van der Waals surface area contributed by atoms with E-state index in [2.05, 4.69) is 15.2 Å². The molecule has 0 aromatic rings. The van der Waals surface area contributed by atoms with Crippen LogP contribution in [0.4, 0.5) is 0 Å². The minimum absolute atomic E-state index is 0.161. The predicted octanol–water partition coefficient (Wildman–Crippen LogP) is -0.235. The van der Waals surface area contributed by atoms with Crippen LogP contribution >= 0.6 is 12.2 Å². The molecule has 2 N–H and O–H groups in total. The van der Waals surface area contributed by atoms with Crippen LogP contribution < -0.4 is 5.32 Å². The van der Waals surface area contributed by atoms with Gasteiger partial charge >= 0.3 is 5.97 Å². The molecule has 0 aliphatic carbocycles. The molecule has 0 atom stereocenters. The summed E-state index contributed by atoms with van der Waals surface area (Å²) < 4.78 is 0. The van der Waals surface area contributed by atoms with Crippen LogP contribution in [0.3, 0.4) is 0 Å². The quantitative estimate of drug-likeness (QED) is 0.466. The summed E-state index contributed by atoms with van der Waals surface area (Å²) in [6, 6.07) is 0. The molecule has 5 nitrogen and oxygen atoms in total. The van der Waals surface area contributed by atoms with E-state index in [0.29, 0.717) is 6.54 Å². The largest absolute Gasteiger partial charge is 0.481 e. The van der Waals surface area contributed by atoms with Gasteiger partial charge in [0.2, 0.25) is 0 Å². The molecule has 1 aliphatic heterocycles. The van der Waals surface area contributed by atoms with Gasteiger partial charge < -0.3 is 15.3 Å². The summed E-state index contributed by atoms with van der Waals surface area (Å²) in [7, 11) is 0. The summed E-state index contributed by atoms with van der Waals surface area (Å²) in [4.78, 5) is 16.6. The third kappa shape index (κ3) is 4.35. The number of nitrogens with zero attached hydrogens (tertiary/aromatic N) is 2. The first-order valence-corrected chi connectivity index (χ1v) is 5.38. The van der Waals surface area contributed by atoms with E-state index in [1.165, 1.54) is 0 Å². The summed E-state index contributed by atoms with van der Waals surface area (Å²) in [5, 5.41) is 13.1. The van der Waals surface area contributed by atoms with Crippen LogP contribution in [-0.2, 0) is 4.79 Å². The topological polar surface area (TPSA) is 64.9 Å². The van der Waals surface area contributed by atoms with Crippen molar-refractivity contribution in [2.75, 3.05) is 32.7 Å². The zero-order valence-corrected chi connectivity index (χ0v) is 9.29. The van der Waals surface area contributed by atoms with Gasteiger partial charge in [-0.2, -0.15) is 0 Å². The van der Waals surface area contributed by atoms with Gasteiger partial charge in [-0.15, -0.1) is 0 Å². The summed E-state index contributed by atoms with van der Waals surface area (Å²) in [5.41, 5.74) is 0. The van der Waals surface area contributed by atoms with Crippen LogP contribution in [0.25, 0.3) is 0 Å². The number of carboxylic acids is 1. The molecule has 0 saturated heterocycles. The number of nitrogens with one attached hydrogen (secondary N) is 1. The Morgan fingerprint density at radius 1 is 1.67 bits per heavy atom. The third-order valence-corrected chi connectivity index (χ3v) is 2.36. The number of hydrogen-bond donors (Lipinski definition) is 2. The zero-order valence-electron chi connectivity index (χ0n) is 8.48. The maximum atomic E-state index is 10.2. The fourth-order valence-electron chi connectivity index (χ4n) is 1.37. The molecule has 0 radical (unpaired) electrons. The van der Waals surface area contributed by atoms with Crippen molar-refractivity contribution in [1.82, 2.24) is 10.2 Å². The molecule has 0 aromatic carbocycles. The van der Waals surface area contributed by atoms with Crippen molar-refractivity contribution in [3.8, 4) is 0 Å². The Morgan fingerprint density at radius 2 is 2.47 bits per heavy atom. The van der Waals surface area contributed by atoms with E-state index in [1.807, 2.05) is 0 Å². The number of thiocarbonyl (C=S) groups is 1. The van der Waals surface area contributed by atoms with Gasteiger partial charge in [0.05, 0.1) is 13.0 Å². The van der Waals surface area contributed by atoms with Gasteiger partial charge in [-0.05, 0) is 0 Å². The lowest BCUT2D eigenvalue weighted by Crippen LogP contribution is -2.35. The fraction of sp³-hybridized carbons (Fsp3) is 0.667. The minimum Gasteiger partial charge on any atom is -0.481 e. The highest BCUT2D eigenvalue weighted by atomic mass is 32.1. The minimum atomic E-state index is -0.773. The SMILES string of the molecule is O=C(O)CCNCCN1CCN=C1C=S. The normalized spacial score (nSPS) is 15.2. The molecular weight excluding hydrogens is 214 g/mol. The van der Waals surface area contributed by atoms with Crippen LogP contribution in [0.5, 0.6) is 0 Å². The molecular formula is C9H15N3O2S. The highest BCUT2D eigenvalue weighted by molar-refractivity contribution is 7.80. The number of aliphatic carboxylic acids is 1. The smallest absolute Gasteiger partial charge is 0.304 e. The van der Waals surface area contributed by atoms with Crippen LogP contribution in [0.1, 0.15) is 6.42 Å². The van der Waals surface area contributed by atoms with Crippen molar-refractivity contribution in [2.24, 2.45) is 4.99 Å². The van der Waals surface area contributed by atoms with Crippen LogP contribution in [-0.4, -0.2) is 59.9 Å². The van der Waals surface area contributed by atoms with Crippen molar-refractivity contribution in [2.45, 2.75) is 6.42 Å². The second kappa shape index (κ2) is 6.47. The Bertz CT molecular complexity index is 268. The van der Waals surface area contributed by atoms with E-state index in [-0.39, 0.29) is 6.42 Å².